The number of hydrogen-bond donors (Lipinski definition) is 1. The number of hydrogen-bond acceptors (Lipinski definition) is 6. The molecule has 0 saturated carbocycles. The van der Waals surface area contributed by atoms with Crippen molar-refractivity contribution in [2.45, 2.75) is 47.0 Å². The summed E-state index contributed by atoms with van der Waals surface area (Å²) in [4.78, 5) is 18.2. The number of nitrogens with one attached hydrogen (secondary N) is 1. The Balaban J connectivity index is 1.82. The van der Waals surface area contributed by atoms with Crippen LogP contribution in [0.4, 0.5) is 10.1 Å². The second kappa shape index (κ2) is 8.88. The van der Waals surface area contributed by atoms with Crippen LogP contribution in [0.5, 0.6) is 0 Å². The van der Waals surface area contributed by atoms with Crippen LogP contribution in [-0.2, 0) is 4.74 Å². The Bertz CT molecular complexity index is 958. The summed E-state index contributed by atoms with van der Waals surface area (Å²) in [6.07, 6.45) is 1.13. The standard InChI is InChI=1S/C22H26N2O2S2/c1-6-13(3)16-8-10-17(11-9-16)18-12-27-22(23-18)24-20-19(21(25)26-7-2)14(4)15(5)28-20/h8-13H,6-7H2,1-5H3,(H,23,24)/t13-/m1/s1. The van der Waals surface area contributed by atoms with Gasteiger partial charge in [0.2, 0.25) is 0 Å². The third-order valence-electron chi connectivity index (χ3n) is 4.98. The molecule has 0 saturated heterocycles. The first kappa shape index (κ1) is 20.6. The van der Waals surface area contributed by atoms with E-state index in [4.69, 9.17) is 9.72 Å². The lowest BCUT2D eigenvalue weighted by Crippen LogP contribution is -2.07. The number of nitrogens with zero attached hydrogens (tertiary/aromatic N) is 1. The number of thiophene rings is 1. The van der Waals surface area contributed by atoms with Crippen molar-refractivity contribution in [2.75, 3.05) is 11.9 Å². The van der Waals surface area contributed by atoms with Crippen molar-refractivity contribution in [1.82, 2.24) is 4.98 Å². The zero-order valence-corrected chi connectivity index (χ0v) is 18.6. The molecule has 1 atom stereocenters. The van der Waals surface area contributed by atoms with Crippen LogP contribution in [0.25, 0.3) is 11.3 Å². The van der Waals surface area contributed by atoms with Crippen LogP contribution in [0.2, 0.25) is 0 Å². The molecule has 0 amide bonds. The molecule has 0 radical (unpaired) electrons. The van der Waals surface area contributed by atoms with Gasteiger partial charge in [-0.05, 0) is 44.2 Å². The topological polar surface area (TPSA) is 51.2 Å². The minimum Gasteiger partial charge on any atom is -0.462 e. The lowest BCUT2D eigenvalue weighted by Gasteiger charge is -2.09. The third-order valence-corrected chi connectivity index (χ3v) is 6.86. The highest BCUT2D eigenvalue weighted by molar-refractivity contribution is 7.18. The lowest BCUT2D eigenvalue weighted by molar-refractivity contribution is 0.0527. The quantitative estimate of drug-likeness (QED) is 0.426. The van der Waals surface area contributed by atoms with Crippen molar-refractivity contribution in [3.63, 3.8) is 0 Å². The number of esters is 1. The highest BCUT2D eigenvalue weighted by atomic mass is 32.1. The maximum Gasteiger partial charge on any atom is 0.341 e. The van der Waals surface area contributed by atoms with Gasteiger partial charge in [-0.15, -0.1) is 22.7 Å². The van der Waals surface area contributed by atoms with Gasteiger partial charge in [0.25, 0.3) is 0 Å². The van der Waals surface area contributed by atoms with Gasteiger partial charge in [0.15, 0.2) is 5.13 Å². The Morgan fingerprint density at radius 1 is 1.21 bits per heavy atom. The molecule has 4 nitrogen and oxygen atoms in total. The number of benzene rings is 1. The van der Waals surface area contributed by atoms with Crippen LogP contribution in [0.3, 0.4) is 0 Å². The SMILES string of the molecule is CCOC(=O)c1c(Nc2nc(-c3ccc([C@H](C)CC)cc3)cs2)sc(C)c1C. The molecule has 6 heteroatoms. The molecule has 0 aliphatic carbocycles. The fraction of sp³-hybridized carbons (Fsp3) is 0.364. The van der Waals surface area contributed by atoms with Crippen molar-refractivity contribution in [3.05, 3.63) is 51.2 Å². The molecule has 148 valence electrons. The molecule has 0 fully saturated rings. The number of aromatic nitrogens is 1. The molecule has 0 bridgehead atoms. The van der Waals surface area contributed by atoms with Gasteiger partial charge in [0, 0.05) is 15.8 Å². The van der Waals surface area contributed by atoms with Crippen molar-refractivity contribution < 1.29 is 9.53 Å². The summed E-state index contributed by atoms with van der Waals surface area (Å²) in [6.45, 7) is 10.6. The summed E-state index contributed by atoms with van der Waals surface area (Å²) in [7, 11) is 0. The van der Waals surface area contributed by atoms with Crippen molar-refractivity contribution >= 4 is 38.8 Å². The first-order chi connectivity index (χ1) is 13.4. The molecule has 28 heavy (non-hydrogen) atoms. The molecule has 1 N–H and O–H groups in total. The number of aryl methyl sites for hydroxylation is 1. The lowest BCUT2D eigenvalue weighted by atomic mass is 9.97. The van der Waals surface area contributed by atoms with Gasteiger partial charge in [-0.1, -0.05) is 38.1 Å². The molecule has 0 aliphatic rings. The zero-order valence-electron chi connectivity index (χ0n) is 17.0. The van der Waals surface area contributed by atoms with E-state index in [0.717, 1.165) is 38.3 Å². The van der Waals surface area contributed by atoms with Gasteiger partial charge in [0.1, 0.15) is 5.00 Å². The average molecular weight is 415 g/mol. The number of anilines is 2. The summed E-state index contributed by atoms with van der Waals surface area (Å²) in [5, 5.41) is 6.93. The largest absolute Gasteiger partial charge is 0.462 e. The molecule has 0 unspecified atom stereocenters. The minimum atomic E-state index is -0.288. The Kier molecular flexibility index (Phi) is 6.52. The third kappa shape index (κ3) is 4.28. The monoisotopic (exact) mass is 414 g/mol. The second-order valence-electron chi connectivity index (χ2n) is 6.80. The Morgan fingerprint density at radius 2 is 1.93 bits per heavy atom. The van der Waals surface area contributed by atoms with Crippen molar-refractivity contribution in [2.24, 2.45) is 0 Å². The van der Waals surface area contributed by atoms with Crippen LogP contribution >= 0.6 is 22.7 Å². The van der Waals surface area contributed by atoms with Gasteiger partial charge >= 0.3 is 5.97 Å². The van der Waals surface area contributed by atoms with E-state index in [-0.39, 0.29) is 5.97 Å². The van der Waals surface area contributed by atoms with E-state index < -0.39 is 0 Å². The number of thiazole rings is 1. The maximum atomic E-state index is 12.4. The predicted octanol–water partition coefficient (Wildman–Crippen LogP) is 6.92. The van der Waals surface area contributed by atoms with E-state index in [1.165, 1.54) is 16.9 Å². The van der Waals surface area contributed by atoms with Crippen LogP contribution in [0.1, 0.15) is 59.5 Å². The normalized spacial score (nSPS) is 12.0. The first-order valence-corrected chi connectivity index (χ1v) is 11.2. The zero-order chi connectivity index (χ0) is 20.3. The minimum absolute atomic E-state index is 0.288. The Labute approximate surface area is 174 Å². The fourth-order valence-corrected chi connectivity index (χ4v) is 4.78. The maximum absolute atomic E-state index is 12.4. The van der Waals surface area contributed by atoms with Gasteiger partial charge in [0.05, 0.1) is 17.9 Å². The van der Waals surface area contributed by atoms with Gasteiger partial charge in [-0.25, -0.2) is 9.78 Å². The first-order valence-electron chi connectivity index (χ1n) is 9.54. The summed E-state index contributed by atoms with van der Waals surface area (Å²) in [5.41, 5.74) is 4.96. The second-order valence-corrected chi connectivity index (χ2v) is 8.88. The van der Waals surface area contributed by atoms with Crippen molar-refractivity contribution in [3.8, 4) is 11.3 Å². The number of rotatable bonds is 7. The molecule has 2 heterocycles. The Morgan fingerprint density at radius 3 is 2.57 bits per heavy atom. The predicted molar refractivity (Wildman–Crippen MR) is 119 cm³/mol. The average Bonchev–Trinajstić information content (AvgIpc) is 3.26. The van der Waals surface area contributed by atoms with Crippen LogP contribution in [-0.4, -0.2) is 17.6 Å². The molecular formula is C22H26N2O2S2. The summed E-state index contributed by atoms with van der Waals surface area (Å²) in [6, 6.07) is 8.62. The van der Waals surface area contributed by atoms with Gasteiger partial charge < -0.3 is 10.1 Å². The van der Waals surface area contributed by atoms with Gasteiger partial charge in [-0.3, -0.25) is 0 Å². The molecule has 3 aromatic rings. The molecule has 0 aliphatic heterocycles. The van der Waals surface area contributed by atoms with E-state index in [1.807, 2.05) is 26.2 Å². The number of carbonyl (C=O) groups is 1. The number of ether oxygens (including phenoxy) is 1. The van der Waals surface area contributed by atoms with E-state index in [9.17, 15) is 4.79 Å². The van der Waals surface area contributed by atoms with Crippen molar-refractivity contribution in [1.29, 1.82) is 0 Å². The van der Waals surface area contributed by atoms with E-state index in [0.29, 0.717) is 18.1 Å². The van der Waals surface area contributed by atoms with Crippen LogP contribution < -0.4 is 5.32 Å². The molecule has 2 aromatic heterocycles. The molecular weight excluding hydrogens is 388 g/mol. The van der Waals surface area contributed by atoms with Crippen LogP contribution in [0.15, 0.2) is 29.6 Å². The summed E-state index contributed by atoms with van der Waals surface area (Å²) < 4.78 is 5.23. The molecule has 3 rings (SSSR count). The number of carbonyl (C=O) groups excluding carboxylic acids is 1. The van der Waals surface area contributed by atoms with E-state index in [1.54, 1.807) is 11.3 Å². The Hall–Kier alpha value is -2.18. The molecule has 0 spiro atoms. The summed E-state index contributed by atoms with van der Waals surface area (Å²) in [5.74, 6) is 0.276. The molecule has 1 aromatic carbocycles. The van der Waals surface area contributed by atoms with E-state index >= 15 is 0 Å². The summed E-state index contributed by atoms with van der Waals surface area (Å²) >= 11 is 3.09. The van der Waals surface area contributed by atoms with Crippen LogP contribution in [0, 0.1) is 13.8 Å². The smallest absolute Gasteiger partial charge is 0.341 e. The fourth-order valence-electron chi connectivity index (χ4n) is 2.94. The highest BCUT2D eigenvalue weighted by Crippen LogP contribution is 2.36. The van der Waals surface area contributed by atoms with Gasteiger partial charge in [-0.2, -0.15) is 0 Å². The van der Waals surface area contributed by atoms with E-state index in [2.05, 4.69) is 43.4 Å². The highest BCUT2D eigenvalue weighted by Gasteiger charge is 2.21.